The van der Waals surface area contributed by atoms with Crippen LogP contribution in [0.2, 0.25) is 0 Å². The molecule has 0 aliphatic rings. The number of rotatable bonds is 4. The van der Waals surface area contributed by atoms with Crippen LogP contribution in [-0.4, -0.2) is 29.1 Å². The Morgan fingerprint density at radius 3 is 2.20 bits per heavy atom. The molecule has 3 rings (SSSR count). The molecule has 0 saturated carbocycles. The maximum atomic E-state index is 11.9. The zero-order valence-corrected chi connectivity index (χ0v) is 13.1. The number of nitrogens with zero attached hydrogens (tertiary/aromatic N) is 5. The van der Waals surface area contributed by atoms with Crippen LogP contribution in [0.25, 0.3) is 22.2 Å². The number of nitro groups is 2. The molecule has 0 bridgehead atoms. The molecule has 0 N–H and O–H groups in total. The molecule has 128 valence electrons. The maximum absolute atomic E-state index is 11.9. The molecule has 0 unspecified atom stereocenters. The summed E-state index contributed by atoms with van der Waals surface area (Å²) in [4.78, 5) is 22.7. The molecule has 11 heteroatoms. The average molecular weight is 345 g/mol. The van der Waals surface area contributed by atoms with Gasteiger partial charge in [-0.05, 0) is 22.6 Å². The van der Waals surface area contributed by atoms with Crippen molar-refractivity contribution < 1.29 is 19.4 Å². The minimum Gasteiger partial charge on any atom is -0.378 e. The molecule has 1 aromatic heterocycles. The van der Waals surface area contributed by atoms with Crippen LogP contribution in [0.15, 0.2) is 35.0 Å². The number of aromatic nitrogens is 2. The van der Waals surface area contributed by atoms with Gasteiger partial charge in [-0.1, -0.05) is 12.1 Å². The van der Waals surface area contributed by atoms with Gasteiger partial charge in [0.15, 0.2) is 0 Å². The highest BCUT2D eigenvalue weighted by molar-refractivity contribution is 5.99. The van der Waals surface area contributed by atoms with Crippen LogP contribution in [-0.2, 0) is 0 Å². The van der Waals surface area contributed by atoms with Crippen LogP contribution in [0.3, 0.4) is 0 Å². The Morgan fingerprint density at radius 1 is 1.08 bits per heavy atom. The van der Waals surface area contributed by atoms with Gasteiger partial charge in [0.25, 0.3) is 5.69 Å². The number of anilines is 1. The van der Waals surface area contributed by atoms with Crippen LogP contribution in [0.5, 0.6) is 0 Å². The fourth-order valence-corrected chi connectivity index (χ4v) is 2.51. The number of fused-ring (bicyclic) bond motifs is 1. The summed E-state index contributed by atoms with van der Waals surface area (Å²) < 4.78 is 4.44. The summed E-state index contributed by atoms with van der Waals surface area (Å²) in [6.07, 6.45) is 0. The van der Waals surface area contributed by atoms with Crippen molar-refractivity contribution in [3.63, 3.8) is 0 Å². The van der Waals surface area contributed by atoms with Crippen molar-refractivity contribution in [3.05, 3.63) is 55.8 Å². The minimum absolute atomic E-state index is 0.0650. The molecule has 2 aromatic carbocycles. The molecule has 1 heterocycles. The molecule has 0 atom stereocenters. The normalized spacial score (nSPS) is 10.8. The summed E-state index contributed by atoms with van der Waals surface area (Å²) in [7, 11) is 3.65. The third kappa shape index (κ3) is 2.56. The van der Waals surface area contributed by atoms with Gasteiger partial charge < -0.3 is 10.1 Å². The Kier molecular flexibility index (Phi) is 3.68. The number of hydrogen-bond acceptors (Lipinski definition) is 8. The Bertz CT molecular complexity index is 995. The highest BCUT2D eigenvalue weighted by Gasteiger charge is 2.34. The van der Waals surface area contributed by atoms with E-state index >= 15 is 0 Å². The topological polar surface area (TPSA) is 142 Å². The van der Waals surface area contributed by atoms with E-state index < -0.39 is 21.2 Å². The molecule has 0 spiro atoms. The van der Waals surface area contributed by atoms with Gasteiger partial charge in [-0.3, -0.25) is 24.9 Å². The van der Waals surface area contributed by atoms with E-state index in [0.29, 0.717) is 5.56 Å². The van der Waals surface area contributed by atoms with Crippen molar-refractivity contribution in [3.8, 4) is 11.1 Å². The van der Waals surface area contributed by atoms with Gasteiger partial charge in [0.2, 0.25) is 5.52 Å². The second kappa shape index (κ2) is 5.70. The number of hydrogen-bond donors (Lipinski definition) is 0. The van der Waals surface area contributed by atoms with Crippen molar-refractivity contribution in [2.45, 2.75) is 0 Å². The van der Waals surface area contributed by atoms with Gasteiger partial charge in [0.1, 0.15) is 5.56 Å². The SMILES string of the molecule is CN(C)c1ccc(-c2c([N+](=O)[O-])cc([N+](=O)[O-])c3no[n+]([O-])c23)cc1. The van der Waals surface area contributed by atoms with Gasteiger partial charge in [-0.2, -0.15) is 0 Å². The lowest BCUT2D eigenvalue weighted by Crippen LogP contribution is -2.23. The zero-order valence-electron chi connectivity index (χ0n) is 13.1. The minimum atomic E-state index is -0.850. The largest absolute Gasteiger partial charge is 0.378 e. The Hall–Kier alpha value is -3.76. The molecular weight excluding hydrogens is 334 g/mol. The summed E-state index contributed by atoms with van der Waals surface area (Å²) in [5.74, 6) is 0. The molecule has 3 aromatic rings. The monoisotopic (exact) mass is 345 g/mol. The summed E-state index contributed by atoms with van der Waals surface area (Å²) in [6.45, 7) is 0. The summed E-state index contributed by atoms with van der Waals surface area (Å²) in [6, 6.07) is 7.34. The molecule has 11 nitrogen and oxygen atoms in total. The highest BCUT2D eigenvalue weighted by Crippen LogP contribution is 2.39. The van der Waals surface area contributed by atoms with E-state index in [1.165, 1.54) is 0 Å². The van der Waals surface area contributed by atoms with Gasteiger partial charge in [-0.15, -0.1) is 0 Å². The number of nitro benzene ring substituents is 2. The fraction of sp³-hybridized carbons (Fsp3) is 0.143. The highest BCUT2D eigenvalue weighted by atomic mass is 16.8. The van der Waals surface area contributed by atoms with Crippen molar-refractivity contribution in [2.24, 2.45) is 0 Å². The summed E-state index contributed by atoms with van der Waals surface area (Å²) in [5, 5.41) is 37.9. The lowest BCUT2D eigenvalue weighted by atomic mass is 10.0. The Morgan fingerprint density at radius 2 is 1.68 bits per heavy atom. The zero-order chi connectivity index (χ0) is 18.3. The summed E-state index contributed by atoms with van der Waals surface area (Å²) >= 11 is 0. The number of non-ortho nitro benzene ring substituents is 1. The first-order valence-corrected chi connectivity index (χ1v) is 6.94. The second-order valence-corrected chi connectivity index (χ2v) is 5.37. The predicted molar refractivity (Wildman–Crippen MR) is 86.0 cm³/mol. The molecule has 0 radical (unpaired) electrons. The fourth-order valence-electron chi connectivity index (χ4n) is 2.51. The Balaban J connectivity index is 2.38. The molecular formula is C14H11N5O6. The molecule has 25 heavy (non-hydrogen) atoms. The molecule has 0 aliphatic heterocycles. The quantitative estimate of drug-likeness (QED) is 0.397. The smallest absolute Gasteiger partial charge is 0.333 e. The molecule has 0 fully saturated rings. The van der Waals surface area contributed by atoms with Gasteiger partial charge in [-0.25, -0.2) is 0 Å². The van der Waals surface area contributed by atoms with Gasteiger partial charge >= 0.3 is 11.2 Å². The Labute approximate surface area is 139 Å². The van der Waals surface area contributed by atoms with Crippen molar-refractivity contribution in [1.82, 2.24) is 5.16 Å². The van der Waals surface area contributed by atoms with E-state index in [1.807, 2.05) is 19.0 Å². The molecule has 0 saturated heterocycles. The van der Waals surface area contributed by atoms with Crippen LogP contribution in [0.1, 0.15) is 0 Å². The lowest BCUT2D eigenvalue weighted by molar-refractivity contribution is -0.782. The van der Waals surface area contributed by atoms with Crippen LogP contribution >= 0.6 is 0 Å². The van der Waals surface area contributed by atoms with Gasteiger partial charge in [0.05, 0.1) is 21.1 Å². The van der Waals surface area contributed by atoms with Crippen LogP contribution in [0, 0.1) is 25.4 Å². The second-order valence-electron chi connectivity index (χ2n) is 5.37. The third-order valence-electron chi connectivity index (χ3n) is 3.69. The molecule has 0 aliphatic carbocycles. The van der Waals surface area contributed by atoms with Crippen LogP contribution in [0.4, 0.5) is 17.1 Å². The standard InChI is InChI=1S/C14H11N5O6/c1-16(2)9-5-3-8(4-6-9)12-10(17(20)21)7-11(18(22)23)13-14(12)19(24)25-15-13/h3-7H,1-2H3. The van der Waals surface area contributed by atoms with Crippen molar-refractivity contribution in [1.29, 1.82) is 0 Å². The molecule has 0 amide bonds. The first-order chi connectivity index (χ1) is 11.8. The first-order valence-electron chi connectivity index (χ1n) is 6.94. The van der Waals surface area contributed by atoms with E-state index in [4.69, 9.17) is 0 Å². The predicted octanol–water partition coefficient (Wildman–Crippen LogP) is 2.01. The summed E-state index contributed by atoms with van der Waals surface area (Å²) in [5.41, 5.74) is -0.879. The third-order valence-corrected chi connectivity index (χ3v) is 3.69. The van der Waals surface area contributed by atoms with E-state index in [-0.39, 0.29) is 21.5 Å². The van der Waals surface area contributed by atoms with Crippen molar-refractivity contribution in [2.75, 3.05) is 19.0 Å². The van der Waals surface area contributed by atoms with E-state index in [9.17, 15) is 25.4 Å². The number of benzene rings is 2. The van der Waals surface area contributed by atoms with E-state index in [1.54, 1.807) is 24.3 Å². The maximum Gasteiger partial charge on any atom is 0.333 e. The van der Waals surface area contributed by atoms with Gasteiger partial charge in [0, 0.05) is 19.8 Å². The van der Waals surface area contributed by atoms with E-state index in [0.717, 1.165) is 11.8 Å². The van der Waals surface area contributed by atoms with E-state index in [2.05, 4.69) is 9.79 Å². The van der Waals surface area contributed by atoms with Crippen LogP contribution < -0.4 is 9.80 Å². The average Bonchev–Trinajstić information content (AvgIpc) is 2.95. The lowest BCUT2D eigenvalue weighted by Gasteiger charge is -2.12. The first kappa shape index (κ1) is 16.1. The van der Waals surface area contributed by atoms with Crippen molar-refractivity contribution >= 4 is 28.1 Å².